The van der Waals surface area contributed by atoms with E-state index in [9.17, 15) is 4.79 Å². The van der Waals surface area contributed by atoms with Crippen molar-refractivity contribution >= 4 is 32.5 Å². The zero-order valence-electron chi connectivity index (χ0n) is 8.27. The van der Waals surface area contributed by atoms with Gasteiger partial charge in [-0.3, -0.25) is 0 Å². The van der Waals surface area contributed by atoms with Crippen LogP contribution >= 0.6 is 0 Å². The number of nitrogens with one attached hydrogen (secondary N) is 1. The molecule has 1 aromatic rings. The number of amides is 1. The second-order valence-corrected chi connectivity index (χ2v) is 3.69. The van der Waals surface area contributed by atoms with Crippen molar-refractivity contribution in [1.82, 2.24) is 0 Å². The minimum absolute atomic E-state index is 0. The molecule has 6 heteroatoms. The maximum atomic E-state index is 11.0. The van der Waals surface area contributed by atoms with Gasteiger partial charge >= 0.3 is 80.2 Å². The van der Waals surface area contributed by atoms with Crippen molar-refractivity contribution in [3.05, 3.63) is 24.3 Å². The van der Waals surface area contributed by atoms with Crippen molar-refractivity contribution in [2.75, 3.05) is 5.32 Å². The Morgan fingerprint density at radius 3 is 2.07 bits per heavy atom. The van der Waals surface area contributed by atoms with E-state index in [0.29, 0.717) is 6.42 Å². The van der Waals surface area contributed by atoms with E-state index in [0.717, 1.165) is 5.69 Å². The van der Waals surface area contributed by atoms with Crippen LogP contribution in [0.25, 0.3) is 0 Å². The molecule has 0 aliphatic heterocycles. The summed E-state index contributed by atoms with van der Waals surface area (Å²) in [6.07, 6.45) is 0.522. The summed E-state index contributed by atoms with van der Waals surface area (Å²) in [6, 6.07) is 7.77. The number of carbonyl (C=O) groups excluding carboxylic acids is 1. The van der Waals surface area contributed by atoms with Gasteiger partial charge < -0.3 is 16.4 Å². The molecule has 4 N–H and O–H groups in total. The molecule has 0 radical (unpaired) electrons. The molecule has 1 amide bonds. The molecule has 15 heavy (non-hydrogen) atoms. The van der Waals surface area contributed by atoms with Gasteiger partial charge in [-0.05, 0) is 0 Å². The van der Waals surface area contributed by atoms with Crippen LogP contribution in [-0.2, 0) is 4.79 Å². The molecule has 0 aromatic heterocycles. The Balaban J connectivity index is -0.000000480. The summed E-state index contributed by atoms with van der Waals surface area (Å²) in [4.78, 5) is 11.0. The molecule has 0 unspecified atom stereocenters. The first-order valence-electron chi connectivity index (χ1n) is 3.84. The van der Waals surface area contributed by atoms with E-state index in [-0.39, 0.29) is 22.3 Å². The summed E-state index contributed by atoms with van der Waals surface area (Å²) in [5, 5.41) is 2.78. The molecular weight excluding hydrogens is 259 g/mol. The van der Waals surface area contributed by atoms with Crippen molar-refractivity contribution in [3.8, 4) is 0 Å². The Morgan fingerprint density at radius 2 is 1.67 bits per heavy atom. The fraction of sp³-hybridized carbons (Fsp3) is 0.222. The van der Waals surface area contributed by atoms with Gasteiger partial charge in [-0.1, -0.05) is 0 Å². The molecule has 1 rings (SSSR count). The van der Waals surface area contributed by atoms with Gasteiger partial charge in [0.25, 0.3) is 0 Å². The van der Waals surface area contributed by atoms with Gasteiger partial charge in [0.2, 0.25) is 0 Å². The summed E-state index contributed by atoms with van der Waals surface area (Å²) in [5.74, 6) is 0.0545. The standard InChI is InChI=1S/C9H10GeNO.3H2O/c1-2-9(12)11-8-5-3-7(10)4-6-8;;;/h3-6H,2H2,1H3,(H,11,12);3*1H2/q+3;;;/p-3. The monoisotopic (exact) mass is 273 g/mol. The molecule has 0 saturated heterocycles. The van der Waals surface area contributed by atoms with E-state index in [1.165, 1.54) is 4.40 Å². The molecular formula is C9H13GeNO4. The van der Waals surface area contributed by atoms with Crippen LogP contribution in [0, 0.1) is 0 Å². The van der Waals surface area contributed by atoms with Crippen molar-refractivity contribution in [2.45, 2.75) is 13.3 Å². The van der Waals surface area contributed by atoms with Crippen LogP contribution < -0.4 is 9.71 Å². The normalized spacial score (nSPS) is 7.67. The third-order valence-electron chi connectivity index (χ3n) is 1.49. The number of benzene rings is 1. The van der Waals surface area contributed by atoms with Crippen molar-refractivity contribution in [3.63, 3.8) is 0 Å². The van der Waals surface area contributed by atoms with Crippen LogP contribution in [0.5, 0.6) is 0 Å². The first-order chi connectivity index (χ1) is 5.72. The Hall–Kier alpha value is -0.887. The van der Waals surface area contributed by atoms with Gasteiger partial charge in [0.15, 0.2) is 0 Å². The molecule has 0 atom stereocenters. The first kappa shape index (κ1) is 19.6. The molecule has 0 saturated carbocycles. The van der Waals surface area contributed by atoms with E-state index in [4.69, 9.17) is 0 Å². The van der Waals surface area contributed by atoms with Crippen LogP contribution in [0.4, 0.5) is 5.69 Å². The second kappa shape index (κ2) is 9.66. The van der Waals surface area contributed by atoms with Gasteiger partial charge in [0.05, 0.1) is 0 Å². The van der Waals surface area contributed by atoms with E-state index < -0.39 is 0 Å². The summed E-state index contributed by atoms with van der Waals surface area (Å²) < 4.78 is 1.20. The SMILES string of the molecule is CCC(=O)Nc1cc[c]([Ge+3])cc1.[OH-].[OH-].[OH-]. The van der Waals surface area contributed by atoms with Gasteiger partial charge in [-0.15, -0.1) is 0 Å². The predicted octanol–water partition coefficient (Wildman–Crippen LogP) is 0.299. The average molecular weight is 272 g/mol. The molecule has 1 aromatic carbocycles. The van der Waals surface area contributed by atoms with Crippen molar-refractivity contribution < 1.29 is 21.2 Å². The molecule has 82 valence electrons. The average Bonchev–Trinajstić information content (AvgIpc) is 2.09. The zero-order chi connectivity index (χ0) is 8.97. The molecule has 0 aliphatic carbocycles. The fourth-order valence-electron chi connectivity index (χ4n) is 0.803. The minimum atomic E-state index is 0. The second-order valence-electron chi connectivity index (χ2n) is 2.48. The summed E-state index contributed by atoms with van der Waals surface area (Å²) >= 11 is 2.02. The smallest absolute Gasteiger partial charge is 0.870 e. The number of rotatable bonds is 2. The van der Waals surface area contributed by atoms with Gasteiger partial charge in [-0.2, -0.15) is 0 Å². The van der Waals surface area contributed by atoms with Crippen LogP contribution in [0.15, 0.2) is 24.3 Å². The summed E-state index contributed by atoms with van der Waals surface area (Å²) in [7, 11) is 0. The van der Waals surface area contributed by atoms with E-state index >= 15 is 0 Å². The Morgan fingerprint density at radius 1 is 1.20 bits per heavy atom. The van der Waals surface area contributed by atoms with E-state index in [1.54, 1.807) is 0 Å². The number of hydrogen-bond acceptors (Lipinski definition) is 4. The first-order valence-corrected chi connectivity index (χ1v) is 4.89. The Bertz CT molecular complexity index is 276. The van der Waals surface area contributed by atoms with Crippen LogP contribution in [0.2, 0.25) is 0 Å². The topological polar surface area (TPSA) is 119 Å². The van der Waals surface area contributed by atoms with Crippen molar-refractivity contribution in [1.29, 1.82) is 0 Å². The van der Waals surface area contributed by atoms with Crippen molar-refractivity contribution in [2.24, 2.45) is 0 Å². The quantitative estimate of drug-likeness (QED) is 0.778. The Kier molecular flexibility index (Phi) is 12.7. The maximum Gasteiger partial charge on any atom is -0.870 e. The number of carbonyl (C=O) groups is 1. The fourth-order valence-corrected chi connectivity index (χ4v) is 1.15. The van der Waals surface area contributed by atoms with Crippen LogP contribution in [0.3, 0.4) is 0 Å². The predicted molar refractivity (Wildman–Crippen MR) is 56.6 cm³/mol. The minimum Gasteiger partial charge on any atom is -0.870 e. The largest absolute Gasteiger partial charge is 0.870 e. The number of anilines is 1. The molecule has 0 aliphatic rings. The molecule has 0 bridgehead atoms. The molecule has 0 spiro atoms. The summed E-state index contributed by atoms with van der Waals surface area (Å²) in [6.45, 7) is 1.84. The Labute approximate surface area is 97.0 Å². The van der Waals surface area contributed by atoms with Gasteiger partial charge in [0, 0.05) is 0 Å². The molecule has 0 heterocycles. The van der Waals surface area contributed by atoms with E-state index in [2.05, 4.69) is 5.32 Å². The molecule has 5 nitrogen and oxygen atoms in total. The van der Waals surface area contributed by atoms with Gasteiger partial charge in [-0.25, -0.2) is 0 Å². The third-order valence-corrected chi connectivity index (χ3v) is 2.19. The third kappa shape index (κ3) is 7.09. The molecule has 0 fully saturated rings. The van der Waals surface area contributed by atoms with Crippen LogP contribution in [-0.4, -0.2) is 38.8 Å². The maximum absolute atomic E-state index is 11.0. The number of hydrogen-bond donors (Lipinski definition) is 1. The van der Waals surface area contributed by atoms with Crippen LogP contribution in [0.1, 0.15) is 13.3 Å². The van der Waals surface area contributed by atoms with E-state index in [1.807, 2.05) is 47.7 Å². The zero-order valence-corrected chi connectivity index (χ0v) is 10.4. The van der Waals surface area contributed by atoms with Gasteiger partial charge in [0.1, 0.15) is 0 Å². The summed E-state index contributed by atoms with van der Waals surface area (Å²) in [5.41, 5.74) is 0.868.